The fraction of sp³-hybridized carbons (Fsp3) is 0.500. The summed E-state index contributed by atoms with van der Waals surface area (Å²) >= 11 is 0. The topological polar surface area (TPSA) is 74.8 Å². The zero-order valence-electron chi connectivity index (χ0n) is 11.5. The molecule has 0 radical (unpaired) electrons. The van der Waals surface area contributed by atoms with Crippen molar-refractivity contribution in [3.05, 3.63) is 30.1 Å². The summed E-state index contributed by atoms with van der Waals surface area (Å²) in [5, 5.41) is 3.38. The summed E-state index contributed by atoms with van der Waals surface area (Å²) in [6.45, 7) is 2.01. The molecule has 0 bridgehead atoms. The highest BCUT2D eigenvalue weighted by Gasteiger charge is 2.26. The fourth-order valence-corrected chi connectivity index (χ4v) is 4.41. The van der Waals surface area contributed by atoms with Gasteiger partial charge >= 0.3 is 0 Å². The lowest BCUT2D eigenvalue weighted by Crippen LogP contribution is -2.41. The van der Waals surface area contributed by atoms with E-state index < -0.39 is 9.84 Å². The van der Waals surface area contributed by atoms with Gasteiger partial charge in [-0.1, -0.05) is 12.1 Å². The number of hydrogen-bond donors (Lipinski definition) is 2. The van der Waals surface area contributed by atoms with E-state index in [1.165, 1.54) is 0 Å². The van der Waals surface area contributed by atoms with Crippen LogP contribution in [0.25, 0.3) is 11.0 Å². The molecule has 1 aliphatic heterocycles. The average Bonchev–Trinajstić information content (AvgIpc) is 2.81. The molecule has 2 N–H and O–H groups in total. The first-order valence-corrected chi connectivity index (χ1v) is 8.77. The molecule has 0 saturated carbocycles. The smallest absolute Gasteiger partial charge is 0.151 e. The third kappa shape index (κ3) is 2.86. The molecule has 20 heavy (non-hydrogen) atoms. The van der Waals surface area contributed by atoms with Crippen LogP contribution in [0.1, 0.15) is 31.6 Å². The number of rotatable bonds is 3. The van der Waals surface area contributed by atoms with Gasteiger partial charge in [0.05, 0.1) is 28.6 Å². The van der Waals surface area contributed by atoms with Crippen molar-refractivity contribution < 1.29 is 8.42 Å². The Morgan fingerprint density at radius 1 is 1.40 bits per heavy atom. The molecule has 1 aromatic heterocycles. The number of benzene rings is 1. The molecule has 0 aliphatic carbocycles. The highest BCUT2D eigenvalue weighted by atomic mass is 32.2. The van der Waals surface area contributed by atoms with Crippen molar-refractivity contribution in [2.45, 2.75) is 31.8 Å². The first-order chi connectivity index (χ1) is 9.53. The first kappa shape index (κ1) is 13.6. The van der Waals surface area contributed by atoms with Gasteiger partial charge in [-0.2, -0.15) is 0 Å². The summed E-state index contributed by atoms with van der Waals surface area (Å²) in [7, 11) is -2.88. The minimum atomic E-state index is -2.88. The van der Waals surface area contributed by atoms with Crippen LogP contribution < -0.4 is 5.32 Å². The third-order valence-corrected chi connectivity index (χ3v) is 5.59. The Bertz CT molecular complexity index is 675. The van der Waals surface area contributed by atoms with E-state index in [1.807, 2.05) is 31.2 Å². The quantitative estimate of drug-likeness (QED) is 0.904. The second-order valence-electron chi connectivity index (χ2n) is 5.48. The maximum atomic E-state index is 11.7. The van der Waals surface area contributed by atoms with Crippen molar-refractivity contribution in [3.63, 3.8) is 0 Å². The molecule has 1 aliphatic rings. The Kier molecular flexibility index (Phi) is 3.52. The van der Waals surface area contributed by atoms with Gasteiger partial charge < -0.3 is 10.3 Å². The van der Waals surface area contributed by atoms with Crippen LogP contribution in [-0.2, 0) is 9.84 Å². The molecule has 2 atom stereocenters. The van der Waals surface area contributed by atoms with E-state index in [2.05, 4.69) is 15.3 Å². The summed E-state index contributed by atoms with van der Waals surface area (Å²) in [5.41, 5.74) is 1.94. The molecule has 3 rings (SSSR count). The second kappa shape index (κ2) is 5.18. The van der Waals surface area contributed by atoms with Gasteiger partial charge in [0.25, 0.3) is 0 Å². The van der Waals surface area contributed by atoms with E-state index in [9.17, 15) is 8.42 Å². The van der Waals surface area contributed by atoms with Gasteiger partial charge in [-0.15, -0.1) is 0 Å². The molecule has 2 aromatic rings. The van der Waals surface area contributed by atoms with Gasteiger partial charge in [-0.25, -0.2) is 13.4 Å². The number of aromatic nitrogens is 2. The minimum absolute atomic E-state index is 0.0145. The highest BCUT2D eigenvalue weighted by molar-refractivity contribution is 7.91. The van der Waals surface area contributed by atoms with E-state index in [4.69, 9.17) is 0 Å². The molecular weight excluding hydrogens is 274 g/mol. The zero-order valence-corrected chi connectivity index (χ0v) is 12.3. The van der Waals surface area contributed by atoms with Crippen molar-refractivity contribution in [2.75, 3.05) is 11.5 Å². The molecule has 0 amide bonds. The third-order valence-electron chi connectivity index (χ3n) is 3.77. The van der Waals surface area contributed by atoms with E-state index in [-0.39, 0.29) is 17.8 Å². The van der Waals surface area contributed by atoms with Gasteiger partial charge in [-0.05, 0) is 31.9 Å². The highest BCUT2D eigenvalue weighted by Crippen LogP contribution is 2.19. The number of imidazole rings is 1. The number of fused-ring (bicyclic) bond motifs is 1. The van der Waals surface area contributed by atoms with Crippen LogP contribution in [0.15, 0.2) is 24.3 Å². The number of hydrogen-bond acceptors (Lipinski definition) is 4. The summed E-state index contributed by atoms with van der Waals surface area (Å²) in [5.74, 6) is 1.41. The van der Waals surface area contributed by atoms with E-state index in [0.717, 1.165) is 29.7 Å². The van der Waals surface area contributed by atoms with Crippen LogP contribution in [0.3, 0.4) is 0 Å². The van der Waals surface area contributed by atoms with Crippen molar-refractivity contribution in [3.8, 4) is 0 Å². The normalized spacial score (nSPS) is 23.8. The van der Waals surface area contributed by atoms with E-state index in [1.54, 1.807) is 0 Å². The maximum absolute atomic E-state index is 11.7. The Labute approximate surface area is 118 Å². The molecule has 5 nitrogen and oxygen atoms in total. The first-order valence-electron chi connectivity index (χ1n) is 6.95. The SMILES string of the molecule is CC(NC1CCCS(=O)(=O)C1)c1nc2ccccc2[nH]1. The summed E-state index contributed by atoms with van der Waals surface area (Å²) in [4.78, 5) is 7.83. The molecule has 1 saturated heterocycles. The lowest BCUT2D eigenvalue weighted by molar-refractivity contribution is 0.429. The van der Waals surface area contributed by atoms with Gasteiger partial charge in [0.15, 0.2) is 9.84 Å². The van der Waals surface area contributed by atoms with Crippen molar-refractivity contribution in [1.82, 2.24) is 15.3 Å². The minimum Gasteiger partial charge on any atom is -0.341 e. The van der Waals surface area contributed by atoms with Crippen molar-refractivity contribution >= 4 is 20.9 Å². The number of H-pyrrole nitrogens is 1. The monoisotopic (exact) mass is 293 g/mol. The number of para-hydroxylation sites is 2. The lowest BCUT2D eigenvalue weighted by Gasteiger charge is -2.25. The van der Waals surface area contributed by atoms with Crippen LogP contribution in [0.4, 0.5) is 0 Å². The fourth-order valence-electron chi connectivity index (χ4n) is 2.76. The van der Waals surface area contributed by atoms with Gasteiger partial charge in [0.2, 0.25) is 0 Å². The lowest BCUT2D eigenvalue weighted by atomic mass is 10.1. The van der Waals surface area contributed by atoms with Crippen LogP contribution >= 0.6 is 0 Å². The molecule has 2 heterocycles. The molecule has 1 fully saturated rings. The Balaban J connectivity index is 1.74. The van der Waals surface area contributed by atoms with Crippen LogP contribution in [0.5, 0.6) is 0 Å². The average molecular weight is 293 g/mol. The molecule has 2 unspecified atom stereocenters. The van der Waals surface area contributed by atoms with Gasteiger partial charge in [-0.3, -0.25) is 0 Å². The van der Waals surface area contributed by atoms with Crippen LogP contribution in [0, 0.1) is 0 Å². The Morgan fingerprint density at radius 2 is 2.20 bits per heavy atom. The predicted molar refractivity (Wildman–Crippen MR) is 79.3 cm³/mol. The van der Waals surface area contributed by atoms with Gasteiger partial charge in [0, 0.05) is 6.04 Å². The Hall–Kier alpha value is -1.40. The second-order valence-corrected chi connectivity index (χ2v) is 7.71. The van der Waals surface area contributed by atoms with Crippen LogP contribution in [-0.4, -0.2) is 35.9 Å². The van der Waals surface area contributed by atoms with Gasteiger partial charge in [0.1, 0.15) is 5.82 Å². The maximum Gasteiger partial charge on any atom is 0.151 e. The summed E-state index contributed by atoms with van der Waals surface area (Å²) in [6.07, 6.45) is 1.65. The number of sulfone groups is 1. The summed E-state index contributed by atoms with van der Waals surface area (Å²) in [6, 6.07) is 7.92. The predicted octanol–water partition coefficient (Wildman–Crippen LogP) is 1.79. The van der Waals surface area contributed by atoms with Crippen LogP contribution in [0.2, 0.25) is 0 Å². The molecule has 1 aromatic carbocycles. The summed E-state index contributed by atoms with van der Waals surface area (Å²) < 4.78 is 23.3. The molecule has 0 spiro atoms. The molecular formula is C14H19N3O2S. The van der Waals surface area contributed by atoms with E-state index >= 15 is 0 Å². The number of aromatic amines is 1. The van der Waals surface area contributed by atoms with Crippen molar-refractivity contribution in [2.24, 2.45) is 0 Å². The van der Waals surface area contributed by atoms with Crippen molar-refractivity contribution in [1.29, 1.82) is 0 Å². The number of nitrogens with zero attached hydrogens (tertiary/aromatic N) is 1. The largest absolute Gasteiger partial charge is 0.341 e. The zero-order chi connectivity index (χ0) is 14.2. The molecule has 6 heteroatoms. The standard InChI is InChI=1S/C14H19N3O2S/c1-10(15-11-5-4-8-20(18,19)9-11)14-16-12-6-2-3-7-13(12)17-14/h2-3,6-7,10-11,15H,4-5,8-9H2,1H3,(H,16,17). The van der Waals surface area contributed by atoms with E-state index in [0.29, 0.717) is 5.75 Å². The Morgan fingerprint density at radius 3 is 2.95 bits per heavy atom. The molecule has 108 valence electrons. The number of nitrogens with one attached hydrogen (secondary N) is 2.